The van der Waals surface area contributed by atoms with Crippen LogP contribution in [0.3, 0.4) is 0 Å². The maximum atomic E-state index is 5.84. The van der Waals surface area contributed by atoms with Gasteiger partial charge in [-0.25, -0.2) is 0 Å². The van der Waals surface area contributed by atoms with Gasteiger partial charge in [0.15, 0.2) is 5.96 Å². The second kappa shape index (κ2) is 9.59. The quantitative estimate of drug-likeness (QED) is 0.584. The molecule has 0 saturated carbocycles. The minimum atomic E-state index is 0.515. The van der Waals surface area contributed by atoms with Gasteiger partial charge in [-0.1, -0.05) is 12.1 Å². The number of likely N-dealkylation sites (N-methyl/N-ethyl adjacent to an activating group) is 1. The summed E-state index contributed by atoms with van der Waals surface area (Å²) in [4.78, 5) is 8.93. The largest absolute Gasteiger partial charge is 0.492 e. The fraction of sp³-hybridized carbons (Fsp3) is 0.524. The third-order valence-electron chi connectivity index (χ3n) is 5.05. The lowest BCUT2D eigenvalue weighted by Gasteiger charge is -2.21. The Morgan fingerprint density at radius 3 is 2.96 bits per heavy atom. The molecule has 0 bridgehead atoms. The SMILES string of the molecule is CN=C(NCc1cccc(OCCN(C)C)c1)N1CCC(c2cnn(C)c2)C1. The molecule has 1 unspecified atom stereocenters. The summed E-state index contributed by atoms with van der Waals surface area (Å²) in [6, 6.07) is 8.26. The van der Waals surface area contributed by atoms with Crippen LogP contribution in [-0.2, 0) is 13.6 Å². The average molecular weight is 385 g/mol. The van der Waals surface area contributed by atoms with Gasteiger partial charge in [-0.3, -0.25) is 9.67 Å². The highest BCUT2D eigenvalue weighted by Crippen LogP contribution is 2.26. The van der Waals surface area contributed by atoms with E-state index in [4.69, 9.17) is 4.74 Å². The number of rotatable bonds is 7. The molecular weight excluding hydrogens is 352 g/mol. The number of benzene rings is 1. The molecule has 0 amide bonds. The molecule has 1 aromatic carbocycles. The standard InChI is InChI=1S/C21H32N6O/c1-22-21(27-9-8-18(16-27)19-14-24-26(4)15-19)23-13-17-6-5-7-20(12-17)28-11-10-25(2)3/h5-7,12,14-15,18H,8-11,13,16H2,1-4H3,(H,22,23). The van der Waals surface area contributed by atoms with Crippen molar-refractivity contribution >= 4 is 5.96 Å². The van der Waals surface area contributed by atoms with Crippen molar-refractivity contribution in [2.75, 3.05) is 47.4 Å². The fourth-order valence-electron chi connectivity index (χ4n) is 3.48. The monoisotopic (exact) mass is 384 g/mol. The van der Waals surface area contributed by atoms with E-state index in [0.717, 1.165) is 44.3 Å². The van der Waals surface area contributed by atoms with E-state index in [0.29, 0.717) is 12.5 Å². The van der Waals surface area contributed by atoms with Gasteiger partial charge in [0.05, 0.1) is 6.20 Å². The Bertz CT molecular complexity index is 785. The van der Waals surface area contributed by atoms with Gasteiger partial charge in [0.25, 0.3) is 0 Å². The Labute approximate surface area is 168 Å². The lowest BCUT2D eigenvalue weighted by molar-refractivity contribution is 0.261. The maximum absolute atomic E-state index is 5.84. The van der Waals surface area contributed by atoms with E-state index in [-0.39, 0.29) is 0 Å². The first-order chi connectivity index (χ1) is 13.5. The zero-order valence-electron chi connectivity index (χ0n) is 17.4. The molecule has 7 heteroatoms. The molecule has 1 atom stereocenters. The number of ether oxygens (including phenoxy) is 1. The summed E-state index contributed by atoms with van der Waals surface area (Å²) in [5, 5.41) is 7.80. The van der Waals surface area contributed by atoms with Crippen molar-refractivity contribution < 1.29 is 4.74 Å². The van der Waals surface area contributed by atoms with Crippen LogP contribution in [0.25, 0.3) is 0 Å². The number of aryl methyl sites for hydroxylation is 1. The summed E-state index contributed by atoms with van der Waals surface area (Å²) in [7, 11) is 7.91. The highest BCUT2D eigenvalue weighted by molar-refractivity contribution is 5.80. The van der Waals surface area contributed by atoms with Crippen molar-refractivity contribution in [3.05, 3.63) is 47.8 Å². The van der Waals surface area contributed by atoms with Gasteiger partial charge in [0.1, 0.15) is 12.4 Å². The molecule has 7 nitrogen and oxygen atoms in total. The maximum Gasteiger partial charge on any atom is 0.193 e. The first kappa shape index (κ1) is 20.2. The van der Waals surface area contributed by atoms with Crippen LogP contribution < -0.4 is 10.1 Å². The molecule has 3 rings (SSSR count). The zero-order valence-corrected chi connectivity index (χ0v) is 17.4. The van der Waals surface area contributed by atoms with E-state index in [9.17, 15) is 0 Å². The van der Waals surface area contributed by atoms with E-state index in [2.05, 4.69) is 43.5 Å². The zero-order chi connectivity index (χ0) is 19.9. The Morgan fingerprint density at radius 1 is 1.39 bits per heavy atom. The van der Waals surface area contributed by atoms with Crippen molar-refractivity contribution in [2.45, 2.75) is 18.9 Å². The Kier molecular flexibility index (Phi) is 6.92. The van der Waals surface area contributed by atoms with Gasteiger partial charge < -0.3 is 19.9 Å². The molecule has 28 heavy (non-hydrogen) atoms. The predicted molar refractivity (Wildman–Crippen MR) is 113 cm³/mol. The molecule has 152 valence electrons. The smallest absolute Gasteiger partial charge is 0.193 e. The van der Waals surface area contributed by atoms with Gasteiger partial charge in [-0.05, 0) is 43.8 Å². The number of nitrogens with one attached hydrogen (secondary N) is 1. The topological polar surface area (TPSA) is 57.9 Å². The molecular formula is C21H32N6O. The van der Waals surface area contributed by atoms with E-state index in [1.165, 1.54) is 11.1 Å². The number of aliphatic imine (C=N–C) groups is 1. The molecule has 2 aromatic rings. The Morgan fingerprint density at radius 2 is 2.25 bits per heavy atom. The third-order valence-corrected chi connectivity index (χ3v) is 5.05. The van der Waals surface area contributed by atoms with Crippen LogP contribution in [0.15, 0.2) is 41.7 Å². The number of aromatic nitrogens is 2. The molecule has 0 aliphatic carbocycles. The minimum absolute atomic E-state index is 0.515. The molecule has 2 heterocycles. The number of hydrogen-bond donors (Lipinski definition) is 1. The molecule has 0 spiro atoms. The van der Waals surface area contributed by atoms with Gasteiger partial charge in [0.2, 0.25) is 0 Å². The van der Waals surface area contributed by atoms with E-state index in [1.807, 2.05) is 51.2 Å². The van der Waals surface area contributed by atoms with Crippen LogP contribution in [-0.4, -0.2) is 72.9 Å². The van der Waals surface area contributed by atoms with E-state index < -0.39 is 0 Å². The first-order valence-corrected chi connectivity index (χ1v) is 9.85. The van der Waals surface area contributed by atoms with E-state index >= 15 is 0 Å². The second-order valence-electron chi connectivity index (χ2n) is 7.58. The fourth-order valence-corrected chi connectivity index (χ4v) is 3.48. The molecule has 1 fully saturated rings. The van der Waals surface area contributed by atoms with Crippen molar-refractivity contribution in [2.24, 2.45) is 12.0 Å². The van der Waals surface area contributed by atoms with E-state index in [1.54, 1.807) is 0 Å². The average Bonchev–Trinajstić information content (AvgIpc) is 3.32. The highest BCUT2D eigenvalue weighted by atomic mass is 16.5. The summed E-state index contributed by atoms with van der Waals surface area (Å²) in [5.74, 6) is 2.37. The van der Waals surface area contributed by atoms with Crippen LogP contribution in [0.5, 0.6) is 5.75 Å². The molecule has 1 saturated heterocycles. The summed E-state index contributed by atoms with van der Waals surface area (Å²) in [5.41, 5.74) is 2.49. The second-order valence-corrected chi connectivity index (χ2v) is 7.58. The molecule has 1 aromatic heterocycles. The summed E-state index contributed by atoms with van der Waals surface area (Å²) < 4.78 is 7.71. The van der Waals surface area contributed by atoms with Crippen molar-refractivity contribution in [1.29, 1.82) is 0 Å². The molecule has 1 N–H and O–H groups in total. The number of hydrogen-bond acceptors (Lipinski definition) is 4. The lowest BCUT2D eigenvalue weighted by Crippen LogP contribution is -2.39. The lowest BCUT2D eigenvalue weighted by atomic mass is 10.0. The van der Waals surface area contributed by atoms with Crippen LogP contribution in [0.1, 0.15) is 23.5 Å². The number of nitrogens with zero attached hydrogens (tertiary/aromatic N) is 5. The summed E-state index contributed by atoms with van der Waals surface area (Å²) >= 11 is 0. The Balaban J connectivity index is 1.52. The molecule has 1 aliphatic heterocycles. The number of guanidine groups is 1. The molecule has 0 radical (unpaired) electrons. The van der Waals surface area contributed by atoms with Crippen molar-refractivity contribution in [3.8, 4) is 5.75 Å². The number of likely N-dealkylation sites (tertiary alicyclic amines) is 1. The first-order valence-electron chi connectivity index (χ1n) is 9.85. The molecule has 1 aliphatic rings. The van der Waals surface area contributed by atoms with Gasteiger partial charge in [0, 0.05) is 52.4 Å². The van der Waals surface area contributed by atoms with Crippen LogP contribution in [0.2, 0.25) is 0 Å². The van der Waals surface area contributed by atoms with Gasteiger partial charge >= 0.3 is 0 Å². The Hall–Kier alpha value is -2.54. The summed E-state index contributed by atoms with van der Waals surface area (Å²) in [6.45, 7) is 4.30. The highest BCUT2D eigenvalue weighted by Gasteiger charge is 2.26. The van der Waals surface area contributed by atoms with Gasteiger partial charge in [-0.2, -0.15) is 5.10 Å². The van der Waals surface area contributed by atoms with Crippen LogP contribution >= 0.6 is 0 Å². The van der Waals surface area contributed by atoms with Crippen LogP contribution in [0.4, 0.5) is 0 Å². The van der Waals surface area contributed by atoms with Crippen molar-refractivity contribution in [3.63, 3.8) is 0 Å². The van der Waals surface area contributed by atoms with Crippen LogP contribution in [0, 0.1) is 0 Å². The minimum Gasteiger partial charge on any atom is -0.492 e. The van der Waals surface area contributed by atoms with Crippen molar-refractivity contribution in [1.82, 2.24) is 24.9 Å². The van der Waals surface area contributed by atoms with Gasteiger partial charge in [-0.15, -0.1) is 0 Å². The normalized spacial score (nSPS) is 17.4. The third kappa shape index (κ3) is 5.48. The predicted octanol–water partition coefficient (Wildman–Crippen LogP) is 1.93. The summed E-state index contributed by atoms with van der Waals surface area (Å²) in [6.07, 6.45) is 5.22.